The number of nitrogens with one attached hydrogen (secondary N) is 3. The molecule has 0 radical (unpaired) electrons. The Balaban J connectivity index is 0.00000320. The van der Waals surface area contributed by atoms with Gasteiger partial charge in [-0.05, 0) is 55.2 Å². The summed E-state index contributed by atoms with van der Waals surface area (Å²) in [5, 5.41) is 6.74. The first-order valence-electron chi connectivity index (χ1n) is 10.6. The number of rotatable bonds is 9. The Morgan fingerprint density at radius 2 is 1.93 bits per heavy atom. The second kappa shape index (κ2) is 11.6. The molecule has 3 N–H and O–H groups in total. The fourth-order valence-electron chi connectivity index (χ4n) is 3.89. The van der Waals surface area contributed by atoms with Crippen molar-refractivity contribution < 1.29 is 13.2 Å². The average Bonchev–Trinajstić information content (AvgIpc) is 3.22. The van der Waals surface area contributed by atoms with Crippen molar-refractivity contribution in [1.29, 1.82) is 0 Å². The lowest BCUT2D eigenvalue weighted by atomic mass is 9.67. The molecule has 0 amide bonds. The molecule has 7 nitrogen and oxygen atoms in total. The van der Waals surface area contributed by atoms with Crippen molar-refractivity contribution in [2.24, 2.45) is 10.4 Å². The van der Waals surface area contributed by atoms with Gasteiger partial charge < -0.3 is 15.4 Å². The van der Waals surface area contributed by atoms with Gasteiger partial charge in [-0.25, -0.2) is 13.1 Å². The van der Waals surface area contributed by atoms with Crippen molar-refractivity contribution in [2.45, 2.75) is 63.0 Å². The van der Waals surface area contributed by atoms with Crippen molar-refractivity contribution in [3.8, 4) is 0 Å². The number of ether oxygens (including phenoxy) is 1. The van der Waals surface area contributed by atoms with Crippen LogP contribution in [0.2, 0.25) is 0 Å². The van der Waals surface area contributed by atoms with Gasteiger partial charge in [0.15, 0.2) is 5.96 Å². The van der Waals surface area contributed by atoms with Gasteiger partial charge >= 0.3 is 0 Å². The molecule has 2 aliphatic rings. The maximum absolute atomic E-state index is 12.4. The summed E-state index contributed by atoms with van der Waals surface area (Å²) in [7, 11) is -1.74. The molecule has 1 aromatic carbocycles. The predicted molar refractivity (Wildman–Crippen MR) is 131 cm³/mol. The summed E-state index contributed by atoms with van der Waals surface area (Å²) < 4.78 is 33.0. The van der Waals surface area contributed by atoms with Crippen LogP contribution in [0.25, 0.3) is 0 Å². The van der Waals surface area contributed by atoms with Crippen LogP contribution in [0, 0.1) is 5.41 Å². The fraction of sp³-hybridized carbons (Fsp3) is 0.667. The number of hydrogen-bond donors (Lipinski definition) is 3. The summed E-state index contributed by atoms with van der Waals surface area (Å²) in [5.41, 5.74) is 1.42. The quantitative estimate of drug-likeness (QED) is 0.250. The summed E-state index contributed by atoms with van der Waals surface area (Å²) in [6.45, 7) is 4.82. The molecule has 1 aromatic rings. The summed E-state index contributed by atoms with van der Waals surface area (Å²) in [4.78, 5) is 4.57. The van der Waals surface area contributed by atoms with E-state index in [1.54, 1.807) is 19.2 Å². The molecule has 30 heavy (non-hydrogen) atoms. The van der Waals surface area contributed by atoms with Gasteiger partial charge in [0.05, 0.1) is 11.0 Å². The van der Waals surface area contributed by atoms with E-state index in [-0.39, 0.29) is 35.0 Å². The number of benzene rings is 1. The molecule has 1 heterocycles. The Hall–Kier alpha value is -0.910. The molecule has 0 aromatic heterocycles. The number of hydrogen-bond acceptors (Lipinski definition) is 4. The van der Waals surface area contributed by atoms with Gasteiger partial charge in [-0.2, -0.15) is 0 Å². The van der Waals surface area contributed by atoms with E-state index >= 15 is 0 Å². The third-order valence-corrected chi connectivity index (χ3v) is 7.68. The minimum atomic E-state index is -3.51. The molecule has 1 unspecified atom stereocenters. The average molecular weight is 551 g/mol. The lowest BCUT2D eigenvalue weighted by molar-refractivity contribution is 0.114. The first-order valence-corrected chi connectivity index (χ1v) is 12.1. The van der Waals surface area contributed by atoms with Crippen molar-refractivity contribution >= 4 is 40.0 Å². The van der Waals surface area contributed by atoms with Crippen molar-refractivity contribution in [2.75, 3.05) is 26.7 Å². The Kier molecular flexibility index (Phi) is 9.83. The third-order valence-electron chi connectivity index (χ3n) is 6.24. The number of sulfonamides is 1. The largest absolute Gasteiger partial charge is 0.377 e. The molecule has 1 aliphatic carbocycles. The Morgan fingerprint density at radius 1 is 1.20 bits per heavy atom. The smallest absolute Gasteiger partial charge is 0.240 e. The van der Waals surface area contributed by atoms with Gasteiger partial charge in [0.2, 0.25) is 10.0 Å². The normalized spacial score (nSPS) is 20.9. The van der Waals surface area contributed by atoms with E-state index in [9.17, 15) is 8.42 Å². The monoisotopic (exact) mass is 550 g/mol. The van der Waals surface area contributed by atoms with Crippen LogP contribution < -0.4 is 15.4 Å². The van der Waals surface area contributed by atoms with Gasteiger partial charge in [-0.15, -0.1) is 24.0 Å². The molecule has 0 spiro atoms. The second-order valence-electron chi connectivity index (χ2n) is 8.12. The van der Waals surface area contributed by atoms with Gasteiger partial charge in [0.25, 0.3) is 0 Å². The Morgan fingerprint density at radius 3 is 2.47 bits per heavy atom. The van der Waals surface area contributed by atoms with Crippen LogP contribution in [0.5, 0.6) is 0 Å². The minimum Gasteiger partial charge on any atom is -0.377 e. The molecule has 1 saturated carbocycles. The molecular weight excluding hydrogens is 515 g/mol. The maximum atomic E-state index is 12.4. The van der Waals surface area contributed by atoms with Gasteiger partial charge in [0, 0.05) is 33.3 Å². The molecule has 2 fully saturated rings. The number of halogens is 1. The first kappa shape index (κ1) is 25.4. The third kappa shape index (κ3) is 6.80. The summed E-state index contributed by atoms with van der Waals surface area (Å²) in [6, 6.07) is 6.96. The van der Waals surface area contributed by atoms with Crippen LogP contribution >= 0.6 is 24.0 Å². The predicted octanol–water partition coefficient (Wildman–Crippen LogP) is 3.01. The zero-order valence-electron chi connectivity index (χ0n) is 17.9. The zero-order chi connectivity index (χ0) is 20.7. The van der Waals surface area contributed by atoms with Crippen LogP contribution in [-0.2, 0) is 21.3 Å². The molecule has 1 atom stereocenters. The molecule has 9 heteroatoms. The Bertz CT molecular complexity index is 783. The van der Waals surface area contributed by atoms with E-state index in [1.807, 2.05) is 12.1 Å². The van der Waals surface area contributed by atoms with E-state index in [1.165, 1.54) is 25.7 Å². The molecule has 1 aliphatic heterocycles. The van der Waals surface area contributed by atoms with Crippen molar-refractivity contribution in [3.05, 3.63) is 29.8 Å². The van der Waals surface area contributed by atoms with Crippen LogP contribution in [0.15, 0.2) is 34.2 Å². The second-order valence-corrected chi connectivity index (χ2v) is 9.88. The lowest BCUT2D eigenvalue weighted by Gasteiger charge is -2.41. The molecule has 1 saturated heterocycles. The highest BCUT2D eigenvalue weighted by molar-refractivity contribution is 14.0. The van der Waals surface area contributed by atoms with Gasteiger partial charge in [-0.3, -0.25) is 4.99 Å². The summed E-state index contributed by atoms with van der Waals surface area (Å²) >= 11 is 0. The zero-order valence-corrected chi connectivity index (χ0v) is 21.1. The highest BCUT2D eigenvalue weighted by atomic mass is 127. The van der Waals surface area contributed by atoms with Gasteiger partial charge in [0.1, 0.15) is 0 Å². The molecular formula is C21H35IN4O3S. The highest BCUT2D eigenvalue weighted by Crippen LogP contribution is 2.42. The van der Waals surface area contributed by atoms with E-state index in [4.69, 9.17) is 4.74 Å². The first-order chi connectivity index (χ1) is 14.0. The van der Waals surface area contributed by atoms with Crippen LogP contribution in [-0.4, -0.2) is 47.2 Å². The van der Waals surface area contributed by atoms with Crippen LogP contribution in [0.3, 0.4) is 0 Å². The van der Waals surface area contributed by atoms with E-state index in [2.05, 4.69) is 27.3 Å². The Labute approximate surface area is 197 Å². The fourth-order valence-corrected chi connectivity index (χ4v) is 4.95. The highest BCUT2D eigenvalue weighted by Gasteiger charge is 2.34. The summed E-state index contributed by atoms with van der Waals surface area (Å²) in [5.74, 6) is 0.777. The molecule has 3 rings (SSSR count). The summed E-state index contributed by atoms with van der Waals surface area (Å²) in [6.07, 6.45) is 6.95. The number of nitrogens with zero attached hydrogens (tertiary/aromatic N) is 1. The number of aliphatic imine (C=N–C) groups is 1. The minimum absolute atomic E-state index is 0. The SMILES string of the molecule is CCC1(CNC(=NC)NCc2ccc(S(=O)(=O)NCC3CCCO3)cc2)CCC1.I. The van der Waals surface area contributed by atoms with Crippen LogP contribution in [0.1, 0.15) is 51.0 Å². The number of guanidine groups is 1. The van der Waals surface area contributed by atoms with E-state index in [0.29, 0.717) is 25.1 Å². The lowest BCUT2D eigenvalue weighted by Crippen LogP contribution is -2.46. The standard InChI is InChI=1S/C21H34N4O3S.HI/c1-3-21(11-5-12-21)16-24-20(22-2)23-14-17-7-9-19(10-8-17)29(26,27)25-15-18-6-4-13-28-18;/h7-10,18,25H,3-6,11-16H2,1-2H3,(H2,22,23,24);1H. The maximum Gasteiger partial charge on any atom is 0.240 e. The van der Waals surface area contributed by atoms with Crippen molar-refractivity contribution in [3.63, 3.8) is 0 Å². The molecule has 170 valence electrons. The van der Waals surface area contributed by atoms with E-state index < -0.39 is 10.0 Å². The topological polar surface area (TPSA) is 91.8 Å². The molecule has 0 bridgehead atoms. The van der Waals surface area contributed by atoms with Gasteiger partial charge in [-0.1, -0.05) is 25.5 Å². The van der Waals surface area contributed by atoms with Crippen LogP contribution in [0.4, 0.5) is 0 Å². The van der Waals surface area contributed by atoms with E-state index in [0.717, 1.165) is 30.9 Å². The van der Waals surface area contributed by atoms with Crippen molar-refractivity contribution in [1.82, 2.24) is 15.4 Å².